The molecule has 1 unspecified atom stereocenters. The Morgan fingerprint density at radius 1 is 1.21 bits per heavy atom. The lowest BCUT2D eigenvalue weighted by atomic mass is 10.1. The SMILES string of the molecule is Fc1ccc(CN2CCCN3CCCC3C2)cc1Br. The molecule has 1 aromatic rings. The zero-order valence-electron chi connectivity index (χ0n) is 11.1. The molecule has 2 aliphatic rings. The summed E-state index contributed by atoms with van der Waals surface area (Å²) in [5.41, 5.74) is 1.19. The van der Waals surface area contributed by atoms with E-state index in [2.05, 4.69) is 25.7 Å². The molecule has 0 spiro atoms. The summed E-state index contributed by atoms with van der Waals surface area (Å²) in [5.74, 6) is -0.179. The van der Waals surface area contributed by atoms with Gasteiger partial charge in [-0.25, -0.2) is 4.39 Å². The molecule has 0 radical (unpaired) electrons. The summed E-state index contributed by atoms with van der Waals surface area (Å²) < 4.78 is 13.8. The van der Waals surface area contributed by atoms with Crippen LogP contribution in [0, 0.1) is 5.82 Å². The van der Waals surface area contributed by atoms with Gasteiger partial charge in [0.2, 0.25) is 0 Å². The topological polar surface area (TPSA) is 6.48 Å². The Balaban J connectivity index is 1.66. The molecule has 2 aliphatic heterocycles. The maximum Gasteiger partial charge on any atom is 0.137 e. The van der Waals surface area contributed by atoms with Crippen molar-refractivity contribution in [2.75, 3.05) is 26.2 Å². The molecule has 104 valence electrons. The normalized spacial score (nSPS) is 25.3. The summed E-state index contributed by atoms with van der Waals surface area (Å²) >= 11 is 3.27. The minimum Gasteiger partial charge on any atom is -0.299 e. The molecule has 0 bridgehead atoms. The van der Waals surface area contributed by atoms with Crippen LogP contribution in [-0.2, 0) is 6.54 Å². The van der Waals surface area contributed by atoms with E-state index in [1.54, 1.807) is 6.07 Å². The molecule has 0 saturated carbocycles. The molecule has 1 aromatic carbocycles. The highest BCUT2D eigenvalue weighted by Gasteiger charge is 2.28. The average Bonchev–Trinajstić information content (AvgIpc) is 2.73. The van der Waals surface area contributed by atoms with E-state index in [-0.39, 0.29) is 5.82 Å². The van der Waals surface area contributed by atoms with E-state index in [4.69, 9.17) is 0 Å². The summed E-state index contributed by atoms with van der Waals surface area (Å²) in [6.45, 7) is 5.77. The Bertz CT molecular complexity index is 452. The standard InChI is InChI=1S/C15H20BrFN2/c16-14-9-12(4-5-15(14)17)10-18-6-2-8-19-7-1-3-13(19)11-18/h4-5,9,13H,1-3,6-8,10-11H2. The molecule has 3 rings (SSSR count). The molecule has 0 N–H and O–H groups in total. The maximum atomic E-state index is 13.3. The summed E-state index contributed by atoms with van der Waals surface area (Å²) in [6, 6.07) is 6.11. The molecule has 0 aromatic heterocycles. The number of halogens is 2. The number of fused-ring (bicyclic) bond motifs is 1. The van der Waals surface area contributed by atoms with Gasteiger partial charge in [-0.15, -0.1) is 0 Å². The van der Waals surface area contributed by atoms with Crippen LogP contribution >= 0.6 is 15.9 Å². The highest BCUT2D eigenvalue weighted by Crippen LogP contribution is 2.23. The molecular weight excluding hydrogens is 307 g/mol. The van der Waals surface area contributed by atoms with Gasteiger partial charge >= 0.3 is 0 Å². The van der Waals surface area contributed by atoms with E-state index in [1.807, 2.05) is 12.1 Å². The molecule has 19 heavy (non-hydrogen) atoms. The fourth-order valence-electron chi connectivity index (χ4n) is 3.32. The minimum atomic E-state index is -0.179. The molecule has 2 heterocycles. The van der Waals surface area contributed by atoms with Gasteiger partial charge in [-0.3, -0.25) is 9.80 Å². The highest BCUT2D eigenvalue weighted by molar-refractivity contribution is 9.10. The smallest absolute Gasteiger partial charge is 0.137 e. The molecule has 2 saturated heterocycles. The van der Waals surface area contributed by atoms with Gasteiger partial charge < -0.3 is 0 Å². The van der Waals surface area contributed by atoms with Gasteiger partial charge in [0.05, 0.1) is 4.47 Å². The van der Waals surface area contributed by atoms with Crippen molar-refractivity contribution in [2.45, 2.75) is 31.8 Å². The van der Waals surface area contributed by atoms with Crippen molar-refractivity contribution in [1.29, 1.82) is 0 Å². The first kappa shape index (κ1) is 13.5. The van der Waals surface area contributed by atoms with Crippen LogP contribution in [0.4, 0.5) is 4.39 Å². The Morgan fingerprint density at radius 2 is 2.05 bits per heavy atom. The number of rotatable bonds is 2. The van der Waals surface area contributed by atoms with Crippen LogP contribution in [0.5, 0.6) is 0 Å². The monoisotopic (exact) mass is 326 g/mol. The van der Waals surface area contributed by atoms with Gasteiger partial charge in [0.15, 0.2) is 0 Å². The van der Waals surface area contributed by atoms with Gasteiger partial charge in [0.1, 0.15) is 5.82 Å². The second kappa shape index (κ2) is 5.90. The molecule has 2 nitrogen and oxygen atoms in total. The van der Waals surface area contributed by atoms with Crippen LogP contribution in [0.1, 0.15) is 24.8 Å². The first-order chi connectivity index (χ1) is 9.22. The van der Waals surface area contributed by atoms with E-state index in [0.29, 0.717) is 4.47 Å². The lowest BCUT2D eigenvalue weighted by Gasteiger charge is -2.25. The summed E-state index contributed by atoms with van der Waals surface area (Å²) in [4.78, 5) is 5.16. The molecule has 1 atom stereocenters. The average molecular weight is 327 g/mol. The van der Waals surface area contributed by atoms with Crippen LogP contribution in [0.15, 0.2) is 22.7 Å². The lowest BCUT2D eigenvalue weighted by Crippen LogP contribution is -2.36. The Labute approximate surface area is 122 Å². The number of benzene rings is 1. The first-order valence-corrected chi connectivity index (χ1v) is 7.92. The van der Waals surface area contributed by atoms with Crippen molar-refractivity contribution in [3.05, 3.63) is 34.1 Å². The Kier molecular flexibility index (Phi) is 4.20. The van der Waals surface area contributed by atoms with Crippen LogP contribution < -0.4 is 0 Å². The predicted molar refractivity (Wildman–Crippen MR) is 78.6 cm³/mol. The number of nitrogens with zero attached hydrogens (tertiary/aromatic N) is 2. The third kappa shape index (κ3) is 3.18. The fraction of sp³-hybridized carbons (Fsp3) is 0.600. The third-order valence-electron chi connectivity index (χ3n) is 4.28. The summed E-state index contributed by atoms with van der Waals surface area (Å²) in [6.07, 6.45) is 3.93. The van der Waals surface area contributed by atoms with Gasteiger partial charge in [0, 0.05) is 19.1 Å². The van der Waals surface area contributed by atoms with Crippen molar-refractivity contribution in [1.82, 2.24) is 9.80 Å². The zero-order chi connectivity index (χ0) is 13.2. The van der Waals surface area contributed by atoms with Gasteiger partial charge in [-0.1, -0.05) is 6.07 Å². The van der Waals surface area contributed by atoms with Crippen molar-refractivity contribution < 1.29 is 4.39 Å². The largest absolute Gasteiger partial charge is 0.299 e. The van der Waals surface area contributed by atoms with E-state index >= 15 is 0 Å². The van der Waals surface area contributed by atoms with Gasteiger partial charge in [0.25, 0.3) is 0 Å². The molecular formula is C15H20BrFN2. The molecule has 0 aliphatic carbocycles. The van der Waals surface area contributed by atoms with Crippen molar-refractivity contribution in [2.24, 2.45) is 0 Å². The predicted octanol–water partition coefficient (Wildman–Crippen LogP) is 3.26. The summed E-state index contributed by atoms with van der Waals surface area (Å²) in [5, 5.41) is 0. The minimum absolute atomic E-state index is 0.179. The maximum absolute atomic E-state index is 13.3. The molecule has 0 amide bonds. The van der Waals surface area contributed by atoms with E-state index < -0.39 is 0 Å². The summed E-state index contributed by atoms with van der Waals surface area (Å²) in [7, 11) is 0. The quantitative estimate of drug-likeness (QED) is 0.823. The van der Waals surface area contributed by atoms with Gasteiger partial charge in [-0.05, 0) is 72.5 Å². The van der Waals surface area contributed by atoms with E-state index in [9.17, 15) is 4.39 Å². The molecule has 2 fully saturated rings. The Morgan fingerprint density at radius 3 is 2.89 bits per heavy atom. The Hall–Kier alpha value is -0.450. The first-order valence-electron chi connectivity index (χ1n) is 7.13. The zero-order valence-corrected chi connectivity index (χ0v) is 12.7. The van der Waals surface area contributed by atoms with Gasteiger partial charge in [-0.2, -0.15) is 0 Å². The van der Waals surface area contributed by atoms with E-state index in [1.165, 1.54) is 37.9 Å². The number of hydrogen-bond acceptors (Lipinski definition) is 2. The van der Waals surface area contributed by atoms with Crippen LogP contribution in [0.2, 0.25) is 0 Å². The second-order valence-electron chi connectivity index (χ2n) is 5.67. The van der Waals surface area contributed by atoms with Crippen LogP contribution in [-0.4, -0.2) is 42.0 Å². The second-order valence-corrected chi connectivity index (χ2v) is 6.52. The highest BCUT2D eigenvalue weighted by atomic mass is 79.9. The third-order valence-corrected chi connectivity index (χ3v) is 4.89. The van der Waals surface area contributed by atoms with Crippen molar-refractivity contribution in [3.8, 4) is 0 Å². The van der Waals surface area contributed by atoms with Crippen LogP contribution in [0.3, 0.4) is 0 Å². The van der Waals surface area contributed by atoms with Crippen LogP contribution in [0.25, 0.3) is 0 Å². The van der Waals surface area contributed by atoms with Crippen molar-refractivity contribution >= 4 is 15.9 Å². The lowest BCUT2D eigenvalue weighted by molar-refractivity contribution is 0.215. The van der Waals surface area contributed by atoms with E-state index in [0.717, 1.165) is 25.7 Å². The fourth-order valence-corrected chi connectivity index (χ4v) is 3.75. The van der Waals surface area contributed by atoms with Crippen molar-refractivity contribution in [3.63, 3.8) is 0 Å². The number of hydrogen-bond donors (Lipinski definition) is 0. The molecule has 4 heteroatoms.